The molecule has 42 heavy (non-hydrogen) atoms. The van der Waals surface area contributed by atoms with Crippen LogP contribution in [-0.4, -0.2) is 54.0 Å². The lowest BCUT2D eigenvalue weighted by Crippen LogP contribution is -2.43. The molecule has 13 heteroatoms. The SMILES string of the molecule is CCn1nc(C(=O)O)cc1N1CCC(O)(c2ccc(OCc3c(C4CC4)nnn3-c3c(Cl)cccc3Cl)cc2Cl)CC1. The highest BCUT2D eigenvalue weighted by atomic mass is 35.5. The van der Waals surface area contributed by atoms with Crippen LogP contribution in [0, 0.1) is 0 Å². The molecular weight excluding hydrogens is 603 g/mol. The fourth-order valence-corrected chi connectivity index (χ4v) is 6.39. The van der Waals surface area contributed by atoms with Crippen molar-refractivity contribution in [1.29, 1.82) is 0 Å². The number of carboxylic acid groups (broad SMARTS) is 1. The van der Waals surface area contributed by atoms with E-state index in [1.165, 1.54) is 0 Å². The molecule has 3 heterocycles. The van der Waals surface area contributed by atoms with Crippen LogP contribution < -0.4 is 9.64 Å². The van der Waals surface area contributed by atoms with E-state index in [0.29, 0.717) is 70.5 Å². The summed E-state index contributed by atoms with van der Waals surface area (Å²) in [4.78, 5) is 13.5. The summed E-state index contributed by atoms with van der Waals surface area (Å²) in [5.74, 6) is 0.529. The quantitative estimate of drug-likeness (QED) is 0.228. The number of piperidine rings is 1. The molecule has 2 aliphatic rings. The Morgan fingerprint density at radius 3 is 2.40 bits per heavy atom. The fourth-order valence-electron chi connectivity index (χ4n) is 5.48. The summed E-state index contributed by atoms with van der Waals surface area (Å²) < 4.78 is 9.49. The number of rotatable bonds is 9. The first-order valence-corrected chi connectivity index (χ1v) is 14.9. The van der Waals surface area contributed by atoms with Crippen LogP contribution in [0.2, 0.25) is 15.1 Å². The standard InChI is InChI=1S/C29H29Cl3N6O4/c1-2-37-25(15-23(34-37)28(39)40)36-12-10-29(41,11-13-36)19-9-8-18(14-22(19)32)42-16-24-26(17-6-7-17)33-35-38(24)27-20(30)4-3-5-21(27)31/h3-5,8-9,14-15,17,41H,2,6-7,10-13,16H2,1H3,(H,39,40). The smallest absolute Gasteiger partial charge is 0.356 e. The van der Waals surface area contributed by atoms with Crippen molar-refractivity contribution in [3.05, 3.63) is 80.2 Å². The van der Waals surface area contributed by atoms with Gasteiger partial charge in [0.25, 0.3) is 0 Å². The van der Waals surface area contributed by atoms with Gasteiger partial charge in [0.05, 0.1) is 26.4 Å². The topological polar surface area (TPSA) is 119 Å². The first-order chi connectivity index (χ1) is 20.2. The summed E-state index contributed by atoms with van der Waals surface area (Å²) in [6, 6.07) is 12.2. The van der Waals surface area contributed by atoms with Gasteiger partial charge in [-0.2, -0.15) is 5.10 Å². The molecular formula is C29H29Cl3N6O4. The first-order valence-electron chi connectivity index (χ1n) is 13.8. The van der Waals surface area contributed by atoms with E-state index in [0.717, 1.165) is 30.0 Å². The van der Waals surface area contributed by atoms with Gasteiger partial charge in [-0.05, 0) is 56.9 Å². The lowest BCUT2D eigenvalue weighted by Gasteiger charge is -2.39. The molecule has 2 aromatic heterocycles. The molecule has 1 saturated carbocycles. The number of hydrogen-bond acceptors (Lipinski definition) is 7. The Labute approximate surface area is 257 Å². The number of aromatic nitrogens is 5. The molecule has 0 amide bonds. The number of hydrogen-bond donors (Lipinski definition) is 2. The van der Waals surface area contributed by atoms with Gasteiger partial charge in [-0.15, -0.1) is 5.10 Å². The monoisotopic (exact) mass is 630 g/mol. The van der Waals surface area contributed by atoms with E-state index < -0.39 is 11.6 Å². The molecule has 0 unspecified atom stereocenters. The summed E-state index contributed by atoms with van der Waals surface area (Å²) in [5, 5.41) is 35.2. The second-order valence-corrected chi connectivity index (χ2v) is 11.9. The maximum absolute atomic E-state index is 11.6. The summed E-state index contributed by atoms with van der Waals surface area (Å²) >= 11 is 19.7. The number of aromatic carboxylic acids is 1. The third-order valence-corrected chi connectivity index (χ3v) is 8.84. The largest absolute Gasteiger partial charge is 0.487 e. The minimum Gasteiger partial charge on any atom is -0.487 e. The summed E-state index contributed by atoms with van der Waals surface area (Å²) in [6.45, 7) is 3.66. The number of benzene rings is 2. The van der Waals surface area contributed by atoms with Crippen molar-refractivity contribution in [2.24, 2.45) is 0 Å². The van der Waals surface area contributed by atoms with Gasteiger partial charge in [0, 0.05) is 37.2 Å². The van der Waals surface area contributed by atoms with E-state index in [4.69, 9.17) is 39.5 Å². The molecule has 4 aromatic rings. The number of carbonyl (C=O) groups is 1. The Hall–Kier alpha value is -3.31. The number of anilines is 1. The summed E-state index contributed by atoms with van der Waals surface area (Å²) in [6.07, 6.45) is 2.91. The van der Waals surface area contributed by atoms with Crippen LogP contribution in [0.15, 0.2) is 42.5 Å². The highest BCUT2D eigenvalue weighted by Gasteiger charge is 2.37. The maximum Gasteiger partial charge on any atom is 0.356 e. The number of ether oxygens (including phenoxy) is 1. The van der Waals surface area contributed by atoms with E-state index in [1.54, 1.807) is 51.8 Å². The van der Waals surface area contributed by atoms with Crippen LogP contribution in [0.1, 0.15) is 66.0 Å². The molecule has 2 N–H and O–H groups in total. The van der Waals surface area contributed by atoms with Gasteiger partial charge in [-0.25, -0.2) is 14.2 Å². The van der Waals surface area contributed by atoms with Crippen LogP contribution in [0.5, 0.6) is 5.75 Å². The van der Waals surface area contributed by atoms with E-state index in [9.17, 15) is 15.0 Å². The highest BCUT2D eigenvalue weighted by molar-refractivity contribution is 6.37. The Balaban J connectivity index is 1.18. The maximum atomic E-state index is 11.6. The second-order valence-electron chi connectivity index (χ2n) is 10.6. The van der Waals surface area contributed by atoms with E-state index in [1.807, 2.05) is 11.8 Å². The molecule has 0 radical (unpaired) electrons. The molecule has 1 aliphatic carbocycles. The van der Waals surface area contributed by atoms with Crippen molar-refractivity contribution < 1.29 is 19.7 Å². The zero-order valence-corrected chi connectivity index (χ0v) is 25.1. The fraction of sp³-hybridized carbons (Fsp3) is 0.379. The minimum atomic E-state index is -1.14. The molecule has 0 atom stereocenters. The lowest BCUT2D eigenvalue weighted by molar-refractivity contribution is 0.0116. The number of para-hydroxylation sites is 1. The molecule has 1 aliphatic heterocycles. The zero-order chi connectivity index (χ0) is 29.6. The van der Waals surface area contributed by atoms with Gasteiger partial charge in [-0.3, -0.25) is 0 Å². The number of aryl methyl sites for hydroxylation is 1. The van der Waals surface area contributed by atoms with Crippen molar-refractivity contribution in [1.82, 2.24) is 24.8 Å². The van der Waals surface area contributed by atoms with Gasteiger partial charge in [0.15, 0.2) is 5.69 Å². The van der Waals surface area contributed by atoms with Gasteiger partial charge < -0.3 is 19.8 Å². The molecule has 6 rings (SSSR count). The predicted molar refractivity (Wildman–Crippen MR) is 159 cm³/mol. The number of halogens is 3. The van der Waals surface area contributed by atoms with Gasteiger partial charge in [0.2, 0.25) is 0 Å². The van der Waals surface area contributed by atoms with Crippen LogP contribution >= 0.6 is 34.8 Å². The molecule has 1 saturated heterocycles. The number of aliphatic hydroxyl groups is 1. The molecule has 0 bridgehead atoms. The molecule has 10 nitrogen and oxygen atoms in total. The average Bonchev–Trinajstić information content (AvgIpc) is 3.57. The first kappa shape index (κ1) is 28.8. The Morgan fingerprint density at radius 1 is 1.07 bits per heavy atom. The number of carboxylic acids is 1. The van der Waals surface area contributed by atoms with Crippen molar-refractivity contribution in [2.45, 2.75) is 57.3 Å². The normalized spacial score (nSPS) is 16.5. The second kappa shape index (κ2) is 11.4. The van der Waals surface area contributed by atoms with Crippen molar-refractivity contribution in [2.75, 3.05) is 18.0 Å². The highest BCUT2D eigenvalue weighted by Crippen LogP contribution is 2.43. The third kappa shape index (κ3) is 5.44. The Kier molecular flexibility index (Phi) is 7.82. The van der Waals surface area contributed by atoms with Crippen LogP contribution in [0.4, 0.5) is 5.82 Å². The summed E-state index contributed by atoms with van der Waals surface area (Å²) in [7, 11) is 0. The molecule has 2 fully saturated rings. The van der Waals surface area contributed by atoms with E-state index >= 15 is 0 Å². The molecule has 2 aromatic carbocycles. The van der Waals surface area contributed by atoms with Gasteiger partial charge in [0.1, 0.15) is 29.6 Å². The zero-order valence-electron chi connectivity index (χ0n) is 22.8. The minimum absolute atomic E-state index is 0.00404. The lowest BCUT2D eigenvalue weighted by atomic mass is 9.84. The van der Waals surface area contributed by atoms with Crippen molar-refractivity contribution in [3.8, 4) is 11.4 Å². The van der Waals surface area contributed by atoms with Crippen LogP contribution in [-0.2, 0) is 18.8 Å². The van der Waals surface area contributed by atoms with Crippen molar-refractivity contribution >= 4 is 46.6 Å². The average molecular weight is 632 g/mol. The molecule has 220 valence electrons. The predicted octanol–water partition coefficient (Wildman–Crippen LogP) is 6.09. The van der Waals surface area contributed by atoms with Crippen LogP contribution in [0.3, 0.4) is 0 Å². The van der Waals surface area contributed by atoms with E-state index in [-0.39, 0.29) is 12.3 Å². The number of nitrogens with zero attached hydrogens (tertiary/aromatic N) is 6. The summed E-state index contributed by atoms with van der Waals surface area (Å²) in [5.41, 5.74) is 1.69. The Bertz CT molecular complexity index is 1620. The van der Waals surface area contributed by atoms with Crippen LogP contribution in [0.25, 0.3) is 5.69 Å². The van der Waals surface area contributed by atoms with Crippen molar-refractivity contribution in [3.63, 3.8) is 0 Å². The van der Waals surface area contributed by atoms with Gasteiger partial charge >= 0.3 is 5.97 Å². The van der Waals surface area contributed by atoms with E-state index in [2.05, 4.69) is 15.4 Å². The molecule has 0 spiro atoms. The third-order valence-electron chi connectivity index (χ3n) is 7.92. The van der Waals surface area contributed by atoms with Gasteiger partial charge in [-0.1, -0.05) is 52.1 Å². The Morgan fingerprint density at radius 2 is 1.79 bits per heavy atom.